The van der Waals surface area contributed by atoms with Gasteiger partial charge in [0.2, 0.25) is 0 Å². The number of methoxy groups -OCH3 is 1. The first-order valence-corrected chi connectivity index (χ1v) is 7.35. The molecular weight excluding hydrogens is 348 g/mol. The molecule has 0 aliphatic heterocycles. The van der Waals surface area contributed by atoms with Crippen molar-refractivity contribution in [2.45, 2.75) is 0 Å². The molecule has 0 unspecified atom stereocenters. The van der Waals surface area contributed by atoms with E-state index in [0.29, 0.717) is 20.8 Å². The summed E-state index contributed by atoms with van der Waals surface area (Å²) in [7, 11) is 2.88. The summed E-state index contributed by atoms with van der Waals surface area (Å²) in [6.07, 6.45) is 0. The summed E-state index contributed by atoms with van der Waals surface area (Å²) in [5.74, 6) is -1.51. The molecule has 1 heterocycles. The molecule has 0 N–H and O–H groups in total. The van der Waals surface area contributed by atoms with Gasteiger partial charge in [0, 0.05) is 18.8 Å². The number of carbonyl (C=O) groups is 1. The molecule has 0 saturated carbocycles. The van der Waals surface area contributed by atoms with Gasteiger partial charge in [0.1, 0.15) is 11.4 Å². The van der Waals surface area contributed by atoms with Crippen LogP contribution in [0.5, 0.6) is 5.75 Å². The normalized spacial score (nSPS) is 10.6. The highest BCUT2D eigenvalue weighted by molar-refractivity contribution is 5.92. The standard InChI is InChI=1S/C16H13F2N5O3/c1-21(10-5-3-6-11(9-10)26-2)15(24)23-16(25)22(19-20-23)14-12(17)7-4-8-13(14)18/h3-9H,1-2H3. The number of carbonyl (C=O) groups excluding carboxylic acids is 1. The highest BCUT2D eigenvalue weighted by Gasteiger charge is 2.23. The number of ether oxygens (including phenoxy) is 1. The maximum Gasteiger partial charge on any atom is 0.377 e. The first-order valence-electron chi connectivity index (χ1n) is 7.35. The number of amides is 1. The highest BCUT2D eigenvalue weighted by Crippen LogP contribution is 2.20. The second-order valence-corrected chi connectivity index (χ2v) is 5.20. The molecule has 8 nitrogen and oxygen atoms in total. The van der Waals surface area contributed by atoms with Gasteiger partial charge in [-0.1, -0.05) is 12.1 Å². The van der Waals surface area contributed by atoms with Crippen molar-refractivity contribution < 1.29 is 18.3 Å². The molecule has 10 heteroatoms. The third-order valence-corrected chi connectivity index (χ3v) is 3.64. The molecule has 0 radical (unpaired) electrons. The average molecular weight is 361 g/mol. The second-order valence-electron chi connectivity index (χ2n) is 5.20. The summed E-state index contributed by atoms with van der Waals surface area (Å²) in [5, 5.41) is 6.83. The number of hydrogen-bond donors (Lipinski definition) is 0. The van der Waals surface area contributed by atoms with Gasteiger partial charge in [0.05, 0.1) is 7.11 Å². The van der Waals surface area contributed by atoms with Crippen molar-refractivity contribution in [1.82, 2.24) is 19.8 Å². The van der Waals surface area contributed by atoms with Crippen LogP contribution in [0.25, 0.3) is 5.69 Å². The van der Waals surface area contributed by atoms with E-state index in [0.717, 1.165) is 23.1 Å². The van der Waals surface area contributed by atoms with E-state index in [1.165, 1.54) is 14.2 Å². The zero-order chi connectivity index (χ0) is 18.8. The third-order valence-electron chi connectivity index (χ3n) is 3.64. The molecule has 2 aromatic carbocycles. The van der Waals surface area contributed by atoms with Crippen molar-refractivity contribution in [3.8, 4) is 11.4 Å². The first-order chi connectivity index (χ1) is 12.4. The van der Waals surface area contributed by atoms with E-state index in [2.05, 4.69) is 10.4 Å². The lowest BCUT2D eigenvalue weighted by molar-refractivity contribution is 0.245. The van der Waals surface area contributed by atoms with Crippen molar-refractivity contribution in [2.75, 3.05) is 19.1 Å². The van der Waals surface area contributed by atoms with Gasteiger partial charge in [-0.2, -0.15) is 4.68 Å². The maximum absolute atomic E-state index is 13.8. The Morgan fingerprint density at radius 3 is 2.42 bits per heavy atom. The van der Waals surface area contributed by atoms with Crippen LogP contribution in [0.4, 0.5) is 19.3 Å². The van der Waals surface area contributed by atoms with Gasteiger partial charge >= 0.3 is 11.7 Å². The van der Waals surface area contributed by atoms with E-state index in [9.17, 15) is 18.4 Å². The van der Waals surface area contributed by atoms with Crippen LogP contribution in [0.1, 0.15) is 0 Å². The van der Waals surface area contributed by atoms with Gasteiger partial charge in [-0.3, -0.25) is 4.90 Å². The summed E-state index contributed by atoms with van der Waals surface area (Å²) in [6.45, 7) is 0. The number of halogens is 2. The molecule has 0 saturated heterocycles. The fourth-order valence-corrected chi connectivity index (χ4v) is 2.27. The van der Waals surface area contributed by atoms with E-state index in [-0.39, 0.29) is 0 Å². The van der Waals surface area contributed by atoms with Crippen molar-refractivity contribution >= 4 is 11.7 Å². The van der Waals surface area contributed by atoms with Crippen LogP contribution in [0.15, 0.2) is 47.3 Å². The summed E-state index contributed by atoms with van der Waals surface area (Å²) >= 11 is 0. The molecule has 0 aliphatic carbocycles. The van der Waals surface area contributed by atoms with E-state index in [4.69, 9.17) is 4.74 Å². The number of benzene rings is 2. The third kappa shape index (κ3) is 2.92. The lowest BCUT2D eigenvalue weighted by Gasteiger charge is -2.16. The van der Waals surface area contributed by atoms with E-state index >= 15 is 0 Å². The second kappa shape index (κ2) is 6.75. The molecule has 26 heavy (non-hydrogen) atoms. The lowest BCUT2D eigenvalue weighted by atomic mass is 10.3. The quantitative estimate of drug-likeness (QED) is 0.665. The molecule has 3 rings (SSSR count). The number of tetrazole rings is 1. The molecule has 1 amide bonds. The van der Waals surface area contributed by atoms with Crippen LogP contribution in [0.2, 0.25) is 0 Å². The number of para-hydroxylation sites is 1. The number of anilines is 1. The fourth-order valence-electron chi connectivity index (χ4n) is 2.27. The van der Waals surface area contributed by atoms with Gasteiger partial charge in [0.15, 0.2) is 11.6 Å². The van der Waals surface area contributed by atoms with Crippen LogP contribution < -0.4 is 15.3 Å². The van der Waals surface area contributed by atoms with Crippen LogP contribution >= 0.6 is 0 Å². The van der Waals surface area contributed by atoms with Crippen molar-refractivity contribution in [2.24, 2.45) is 0 Å². The fraction of sp³-hybridized carbons (Fsp3) is 0.125. The molecule has 1 aromatic heterocycles. The highest BCUT2D eigenvalue weighted by atomic mass is 19.1. The SMILES string of the molecule is COc1cccc(N(C)C(=O)n2nnn(-c3c(F)cccc3F)c2=O)c1. The summed E-state index contributed by atoms with van der Waals surface area (Å²) in [4.78, 5) is 26.0. The Hall–Kier alpha value is -3.56. The smallest absolute Gasteiger partial charge is 0.377 e. The van der Waals surface area contributed by atoms with E-state index < -0.39 is 29.0 Å². The largest absolute Gasteiger partial charge is 0.497 e. The Bertz CT molecular complexity index is 1010. The number of rotatable bonds is 3. The van der Waals surface area contributed by atoms with Gasteiger partial charge in [-0.15, -0.1) is 4.68 Å². The molecular formula is C16H13F2N5O3. The summed E-state index contributed by atoms with van der Waals surface area (Å²) < 4.78 is 33.6. The van der Waals surface area contributed by atoms with Crippen molar-refractivity contribution in [3.05, 3.63) is 64.6 Å². The Morgan fingerprint density at radius 2 is 1.77 bits per heavy atom. The molecule has 0 aliphatic rings. The predicted octanol–water partition coefficient (Wildman–Crippen LogP) is 1.82. The van der Waals surface area contributed by atoms with Crippen LogP contribution in [-0.4, -0.2) is 40.0 Å². The van der Waals surface area contributed by atoms with Gasteiger partial charge in [-0.25, -0.2) is 18.4 Å². The van der Waals surface area contributed by atoms with E-state index in [1.54, 1.807) is 24.3 Å². The Kier molecular flexibility index (Phi) is 4.48. The van der Waals surface area contributed by atoms with Crippen molar-refractivity contribution in [1.29, 1.82) is 0 Å². The first kappa shape index (κ1) is 17.3. The zero-order valence-electron chi connectivity index (χ0n) is 13.8. The minimum atomic E-state index is -1.10. The minimum Gasteiger partial charge on any atom is -0.497 e. The van der Waals surface area contributed by atoms with Crippen molar-refractivity contribution in [3.63, 3.8) is 0 Å². The van der Waals surface area contributed by atoms with Crippen LogP contribution in [0, 0.1) is 11.6 Å². The molecule has 134 valence electrons. The number of aromatic nitrogens is 4. The Balaban J connectivity index is 1.99. The Morgan fingerprint density at radius 1 is 1.12 bits per heavy atom. The van der Waals surface area contributed by atoms with Gasteiger partial charge in [-0.05, 0) is 34.7 Å². The van der Waals surface area contributed by atoms with Crippen LogP contribution in [0.3, 0.4) is 0 Å². The minimum absolute atomic E-state index is 0.391. The average Bonchev–Trinajstić information content (AvgIpc) is 3.01. The lowest BCUT2D eigenvalue weighted by Crippen LogP contribution is -2.39. The molecule has 3 aromatic rings. The Labute approximate surface area is 145 Å². The molecule has 0 spiro atoms. The molecule has 0 atom stereocenters. The monoisotopic (exact) mass is 361 g/mol. The van der Waals surface area contributed by atoms with Gasteiger partial charge in [0.25, 0.3) is 0 Å². The maximum atomic E-state index is 13.8. The van der Waals surface area contributed by atoms with E-state index in [1.807, 2.05) is 0 Å². The number of nitrogens with zero attached hydrogens (tertiary/aromatic N) is 5. The molecule has 0 fully saturated rings. The van der Waals surface area contributed by atoms with Crippen LogP contribution in [-0.2, 0) is 0 Å². The number of hydrogen-bond acceptors (Lipinski definition) is 5. The summed E-state index contributed by atoms with van der Waals surface area (Å²) in [5.41, 5.74) is -1.39. The molecule has 0 bridgehead atoms. The summed E-state index contributed by atoms with van der Waals surface area (Å²) in [6, 6.07) is 8.76. The van der Waals surface area contributed by atoms with Gasteiger partial charge < -0.3 is 4.74 Å². The zero-order valence-corrected chi connectivity index (χ0v) is 13.8. The topological polar surface area (TPSA) is 82.2 Å². The predicted molar refractivity (Wildman–Crippen MR) is 87.7 cm³/mol.